The predicted molar refractivity (Wildman–Crippen MR) is 105 cm³/mol. The Labute approximate surface area is 167 Å². The van der Waals surface area contributed by atoms with Crippen molar-refractivity contribution >= 4 is 33.6 Å². The van der Waals surface area contributed by atoms with Crippen LogP contribution in [0.3, 0.4) is 0 Å². The zero-order chi connectivity index (χ0) is 20.1. The SMILES string of the molecule is O=C(/C=C/c1ccc(F)cc1)c1ccc(OS(=O)(=O)c2ccc(Cl)cc2)cc1. The lowest BCUT2D eigenvalue weighted by Gasteiger charge is -2.07. The minimum atomic E-state index is -4.00. The van der Waals surface area contributed by atoms with Gasteiger partial charge in [-0.1, -0.05) is 29.8 Å². The molecule has 3 aromatic carbocycles. The van der Waals surface area contributed by atoms with Crippen molar-refractivity contribution in [3.05, 3.63) is 101 Å². The minimum absolute atomic E-state index is 0.0284. The highest BCUT2D eigenvalue weighted by Gasteiger charge is 2.16. The van der Waals surface area contributed by atoms with Crippen LogP contribution in [0.2, 0.25) is 5.02 Å². The van der Waals surface area contributed by atoms with Gasteiger partial charge >= 0.3 is 10.1 Å². The van der Waals surface area contributed by atoms with E-state index in [1.165, 1.54) is 66.7 Å². The van der Waals surface area contributed by atoms with Crippen molar-refractivity contribution in [3.8, 4) is 5.75 Å². The summed E-state index contributed by atoms with van der Waals surface area (Å²) in [6, 6.07) is 17.0. The Morgan fingerprint density at radius 2 is 1.50 bits per heavy atom. The second-order valence-corrected chi connectivity index (χ2v) is 7.75. The largest absolute Gasteiger partial charge is 0.379 e. The molecule has 0 saturated carbocycles. The van der Waals surface area contributed by atoms with Crippen molar-refractivity contribution in [2.45, 2.75) is 4.90 Å². The fraction of sp³-hybridized carbons (Fsp3) is 0. The van der Waals surface area contributed by atoms with E-state index in [-0.39, 0.29) is 22.2 Å². The number of hydrogen-bond acceptors (Lipinski definition) is 4. The van der Waals surface area contributed by atoms with Gasteiger partial charge in [-0.25, -0.2) is 4.39 Å². The van der Waals surface area contributed by atoms with E-state index in [1.54, 1.807) is 18.2 Å². The first-order valence-corrected chi connectivity index (χ1v) is 9.90. The Balaban J connectivity index is 1.69. The third-order valence-electron chi connectivity index (χ3n) is 3.74. The molecule has 0 atom stereocenters. The summed E-state index contributed by atoms with van der Waals surface area (Å²) in [7, 11) is -4.00. The first-order chi connectivity index (χ1) is 13.3. The first-order valence-electron chi connectivity index (χ1n) is 8.12. The number of benzene rings is 3. The number of ketones is 1. The minimum Gasteiger partial charge on any atom is -0.379 e. The number of rotatable bonds is 6. The molecule has 0 bridgehead atoms. The smallest absolute Gasteiger partial charge is 0.339 e. The monoisotopic (exact) mass is 416 g/mol. The fourth-order valence-electron chi connectivity index (χ4n) is 2.29. The lowest BCUT2D eigenvalue weighted by Crippen LogP contribution is -2.09. The molecular formula is C21H14ClFO4S. The maximum atomic E-state index is 12.9. The van der Waals surface area contributed by atoms with Crippen molar-refractivity contribution < 1.29 is 21.8 Å². The molecule has 0 amide bonds. The van der Waals surface area contributed by atoms with Gasteiger partial charge in [0.2, 0.25) is 0 Å². The maximum absolute atomic E-state index is 12.9. The van der Waals surface area contributed by atoms with Crippen LogP contribution in [-0.4, -0.2) is 14.2 Å². The van der Waals surface area contributed by atoms with Crippen LogP contribution >= 0.6 is 11.6 Å². The molecule has 0 N–H and O–H groups in total. The lowest BCUT2D eigenvalue weighted by molar-refractivity contribution is 0.104. The van der Waals surface area contributed by atoms with Crippen LogP contribution in [0.4, 0.5) is 4.39 Å². The Hall–Kier alpha value is -2.96. The van der Waals surface area contributed by atoms with E-state index in [0.29, 0.717) is 16.1 Å². The average Bonchev–Trinajstić information content (AvgIpc) is 2.68. The van der Waals surface area contributed by atoms with Gasteiger partial charge < -0.3 is 4.18 Å². The summed E-state index contributed by atoms with van der Waals surface area (Å²) < 4.78 is 42.4. The molecule has 0 aliphatic carbocycles. The number of carbonyl (C=O) groups excluding carboxylic acids is 1. The predicted octanol–water partition coefficient (Wildman–Crippen LogP) is 5.14. The molecular weight excluding hydrogens is 403 g/mol. The number of allylic oxidation sites excluding steroid dienone is 1. The molecule has 3 rings (SSSR count). The van der Waals surface area contributed by atoms with Gasteiger partial charge in [0, 0.05) is 10.6 Å². The molecule has 3 aromatic rings. The van der Waals surface area contributed by atoms with Crippen LogP contribution in [0.5, 0.6) is 5.75 Å². The zero-order valence-electron chi connectivity index (χ0n) is 14.4. The molecule has 0 heterocycles. The van der Waals surface area contributed by atoms with Gasteiger partial charge in [0.25, 0.3) is 0 Å². The highest BCUT2D eigenvalue weighted by molar-refractivity contribution is 7.87. The summed E-state index contributed by atoms with van der Waals surface area (Å²) in [6.45, 7) is 0. The van der Waals surface area contributed by atoms with Crippen LogP contribution < -0.4 is 4.18 Å². The molecule has 0 spiro atoms. The van der Waals surface area contributed by atoms with Gasteiger partial charge in [-0.05, 0) is 72.3 Å². The zero-order valence-corrected chi connectivity index (χ0v) is 16.0. The van der Waals surface area contributed by atoms with E-state index in [4.69, 9.17) is 15.8 Å². The lowest BCUT2D eigenvalue weighted by atomic mass is 10.1. The highest BCUT2D eigenvalue weighted by atomic mass is 35.5. The third-order valence-corrected chi connectivity index (χ3v) is 5.26. The topological polar surface area (TPSA) is 60.4 Å². The molecule has 28 heavy (non-hydrogen) atoms. The third kappa shape index (κ3) is 5.06. The number of halogens is 2. The Morgan fingerprint density at radius 1 is 0.893 bits per heavy atom. The van der Waals surface area contributed by atoms with E-state index < -0.39 is 10.1 Å². The summed E-state index contributed by atoms with van der Waals surface area (Å²) in [4.78, 5) is 12.2. The highest BCUT2D eigenvalue weighted by Crippen LogP contribution is 2.21. The van der Waals surface area contributed by atoms with Crippen LogP contribution in [0, 0.1) is 5.82 Å². The molecule has 0 fully saturated rings. The van der Waals surface area contributed by atoms with Gasteiger partial charge in [-0.2, -0.15) is 8.42 Å². The molecule has 0 aliphatic rings. The quantitative estimate of drug-likeness (QED) is 0.317. The van der Waals surface area contributed by atoms with Crippen molar-refractivity contribution in [2.24, 2.45) is 0 Å². The van der Waals surface area contributed by atoms with Crippen molar-refractivity contribution in [1.29, 1.82) is 0 Å². The Morgan fingerprint density at radius 3 is 2.11 bits per heavy atom. The van der Waals surface area contributed by atoms with Crippen molar-refractivity contribution in [2.75, 3.05) is 0 Å². The van der Waals surface area contributed by atoms with Crippen LogP contribution in [0.1, 0.15) is 15.9 Å². The maximum Gasteiger partial charge on any atom is 0.339 e. The molecule has 0 saturated heterocycles. The summed E-state index contributed by atoms with van der Waals surface area (Å²) in [5, 5.41) is 0.413. The summed E-state index contributed by atoms with van der Waals surface area (Å²) >= 11 is 5.75. The van der Waals surface area contributed by atoms with E-state index in [9.17, 15) is 17.6 Å². The second-order valence-electron chi connectivity index (χ2n) is 5.76. The van der Waals surface area contributed by atoms with Gasteiger partial charge in [-0.15, -0.1) is 0 Å². The van der Waals surface area contributed by atoms with Crippen molar-refractivity contribution in [1.82, 2.24) is 0 Å². The van der Waals surface area contributed by atoms with E-state index >= 15 is 0 Å². The molecule has 0 unspecified atom stereocenters. The number of carbonyl (C=O) groups is 1. The molecule has 4 nitrogen and oxygen atoms in total. The van der Waals surface area contributed by atoms with Gasteiger partial charge in [0.1, 0.15) is 16.5 Å². The standard InChI is InChI=1S/C21H14ClFO4S/c22-17-6-12-20(13-7-17)28(25,26)27-19-10-4-16(5-11-19)21(24)14-3-15-1-8-18(23)9-2-15/h1-14H/b14-3+. The van der Waals surface area contributed by atoms with Crippen LogP contribution in [0.15, 0.2) is 83.8 Å². The van der Waals surface area contributed by atoms with E-state index in [0.717, 1.165) is 0 Å². The van der Waals surface area contributed by atoms with E-state index in [1.807, 2.05) is 0 Å². The number of hydrogen-bond donors (Lipinski definition) is 0. The summed E-state index contributed by atoms with van der Waals surface area (Å²) in [5.41, 5.74) is 1.04. The second kappa shape index (κ2) is 8.37. The Bertz CT molecular complexity index is 1100. The van der Waals surface area contributed by atoms with Crippen molar-refractivity contribution in [3.63, 3.8) is 0 Å². The molecule has 142 valence electrons. The molecule has 0 radical (unpaired) electrons. The Kier molecular flexibility index (Phi) is 5.92. The summed E-state index contributed by atoms with van der Waals surface area (Å²) in [5.74, 6) is -0.557. The van der Waals surface area contributed by atoms with Gasteiger partial charge in [-0.3, -0.25) is 4.79 Å². The van der Waals surface area contributed by atoms with Crippen LogP contribution in [0.25, 0.3) is 6.08 Å². The normalized spacial score (nSPS) is 11.5. The van der Waals surface area contributed by atoms with Gasteiger partial charge in [0.05, 0.1) is 0 Å². The first kappa shape index (κ1) is 19.8. The van der Waals surface area contributed by atoms with Crippen LogP contribution in [-0.2, 0) is 10.1 Å². The van der Waals surface area contributed by atoms with Gasteiger partial charge in [0.15, 0.2) is 5.78 Å². The average molecular weight is 417 g/mol. The summed E-state index contributed by atoms with van der Waals surface area (Å²) in [6.07, 6.45) is 2.92. The molecule has 0 aromatic heterocycles. The fourth-order valence-corrected chi connectivity index (χ4v) is 3.35. The van der Waals surface area contributed by atoms with E-state index in [2.05, 4.69) is 0 Å². The molecule has 7 heteroatoms. The molecule has 0 aliphatic heterocycles.